The van der Waals surface area contributed by atoms with Gasteiger partial charge in [0.1, 0.15) is 0 Å². The number of rotatable bonds is 7. The van der Waals surface area contributed by atoms with Gasteiger partial charge in [-0.3, -0.25) is 4.79 Å². The number of benzene rings is 1. The number of hydrogen-bond donors (Lipinski definition) is 1. The molecule has 0 aliphatic carbocycles. The van der Waals surface area contributed by atoms with Crippen LogP contribution in [0.3, 0.4) is 0 Å². The number of hydrogen-bond acceptors (Lipinski definition) is 1. The Balaban J connectivity index is 2.23. The van der Waals surface area contributed by atoms with Crippen LogP contribution in [0.2, 0.25) is 0 Å². The first kappa shape index (κ1) is 14.2. The van der Waals surface area contributed by atoms with Crippen LogP contribution in [0.15, 0.2) is 48.6 Å². The van der Waals surface area contributed by atoms with Gasteiger partial charge in [-0.25, -0.2) is 0 Å². The van der Waals surface area contributed by atoms with Crippen LogP contribution in [-0.2, 0) is 4.79 Å². The Morgan fingerprint density at radius 3 is 2.67 bits per heavy atom. The largest absolute Gasteiger partial charge is 0.353 e. The molecule has 1 rings (SSSR count). The first-order valence-electron chi connectivity index (χ1n) is 6.50. The van der Waals surface area contributed by atoms with Gasteiger partial charge in [-0.2, -0.15) is 0 Å². The minimum absolute atomic E-state index is 0.0242. The number of nitrogens with one attached hydrogen (secondary N) is 1. The van der Waals surface area contributed by atoms with E-state index in [0.717, 1.165) is 24.9 Å². The molecule has 1 aromatic carbocycles. The van der Waals surface area contributed by atoms with Crippen molar-refractivity contribution in [1.29, 1.82) is 0 Å². The van der Waals surface area contributed by atoms with Crippen molar-refractivity contribution in [2.45, 2.75) is 26.2 Å². The lowest BCUT2D eigenvalue weighted by Gasteiger charge is -1.99. The van der Waals surface area contributed by atoms with Crippen LogP contribution in [0.4, 0.5) is 0 Å². The summed E-state index contributed by atoms with van der Waals surface area (Å²) in [6, 6.07) is 10.0. The second-order valence-corrected chi connectivity index (χ2v) is 4.13. The van der Waals surface area contributed by atoms with E-state index in [4.69, 9.17) is 0 Å². The molecule has 0 spiro atoms. The smallest absolute Gasteiger partial charge is 0.243 e. The van der Waals surface area contributed by atoms with Gasteiger partial charge >= 0.3 is 0 Å². The first-order chi connectivity index (χ1) is 8.83. The number of amides is 1. The summed E-state index contributed by atoms with van der Waals surface area (Å²) >= 11 is 0. The van der Waals surface area contributed by atoms with Gasteiger partial charge in [-0.05, 0) is 12.0 Å². The molecule has 96 valence electrons. The zero-order chi connectivity index (χ0) is 13.1. The lowest BCUT2D eigenvalue weighted by Crippen LogP contribution is -2.21. The maximum atomic E-state index is 11.4. The van der Waals surface area contributed by atoms with Crippen molar-refractivity contribution in [2.75, 3.05) is 6.54 Å². The topological polar surface area (TPSA) is 29.1 Å². The van der Waals surface area contributed by atoms with E-state index in [1.54, 1.807) is 12.2 Å². The van der Waals surface area contributed by atoms with Crippen molar-refractivity contribution in [3.05, 3.63) is 54.1 Å². The van der Waals surface area contributed by atoms with Crippen LogP contribution in [0.25, 0.3) is 6.08 Å². The fraction of sp³-hybridized carbons (Fsp3) is 0.312. The Morgan fingerprint density at radius 1 is 1.17 bits per heavy atom. The minimum atomic E-state index is -0.0242. The lowest BCUT2D eigenvalue weighted by molar-refractivity contribution is -0.116. The number of unbranched alkanes of at least 4 members (excludes halogenated alkanes) is 2. The first-order valence-corrected chi connectivity index (χ1v) is 6.50. The van der Waals surface area contributed by atoms with E-state index in [-0.39, 0.29) is 5.91 Å². The SMILES string of the molecule is CCCCCNC(=O)/C=C/C=C/c1ccccc1. The molecule has 1 amide bonds. The molecule has 0 saturated carbocycles. The van der Waals surface area contributed by atoms with Crippen LogP contribution in [0.5, 0.6) is 0 Å². The normalized spacial score (nSPS) is 11.2. The Kier molecular flexibility index (Phi) is 7.29. The van der Waals surface area contributed by atoms with E-state index >= 15 is 0 Å². The summed E-state index contributed by atoms with van der Waals surface area (Å²) in [7, 11) is 0. The Hall–Kier alpha value is -1.83. The van der Waals surface area contributed by atoms with Gasteiger partial charge in [-0.15, -0.1) is 0 Å². The molecule has 18 heavy (non-hydrogen) atoms. The van der Waals surface area contributed by atoms with Gasteiger partial charge in [-0.1, -0.05) is 68.3 Å². The standard InChI is InChI=1S/C16H21NO/c1-2-3-9-14-17-16(18)13-8-7-12-15-10-5-4-6-11-15/h4-8,10-13H,2-3,9,14H2,1H3,(H,17,18)/b12-7+,13-8+. The zero-order valence-corrected chi connectivity index (χ0v) is 10.9. The second-order valence-electron chi connectivity index (χ2n) is 4.13. The molecule has 2 nitrogen and oxygen atoms in total. The molecule has 0 radical (unpaired) electrons. The second kappa shape index (κ2) is 9.23. The van der Waals surface area contributed by atoms with Gasteiger partial charge in [0.2, 0.25) is 5.91 Å². The number of carbonyl (C=O) groups excluding carboxylic acids is 1. The number of carbonyl (C=O) groups is 1. The molecule has 0 atom stereocenters. The van der Waals surface area contributed by atoms with Crippen LogP contribution >= 0.6 is 0 Å². The molecule has 2 heteroatoms. The Labute approximate surface area is 109 Å². The fourth-order valence-electron chi connectivity index (χ4n) is 1.52. The van der Waals surface area contributed by atoms with E-state index in [0.29, 0.717) is 0 Å². The van der Waals surface area contributed by atoms with Gasteiger partial charge in [0.05, 0.1) is 0 Å². The average molecular weight is 243 g/mol. The van der Waals surface area contributed by atoms with Gasteiger partial charge in [0.25, 0.3) is 0 Å². The zero-order valence-electron chi connectivity index (χ0n) is 10.9. The third-order valence-corrected chi connectivity index (χ3v) is 2.53. The van der Waals surface area contributed by atoms with E-state index in [9.17, 15) is 4.79 Å². The minimum Gasteiger partial charge on any atom is -0.353 e. The molecule has 0 aliphatic rings. The Morgan fingerprint density at radius 2 is 1.94 bits per heavy atom. The van der Waals surface area contributed by atoms with E-state index < -0.39 is 0 Å². The summed E-state index contributed by atoms with van der Waals surface area (Å²) in [4.78, 5) is 11.4. The summed E-state index contributed by atoms with van der Waals surface area (Å²) in [6.07, 6.45) is 10.6. The van der Waals surface area contributed by atoms with E-state index in [1.807, 2.05) is 42.5 Å². The van der Waals surface area contributed by atoms with Crippen molar-refractivity contribution >= 4 is 12.0 Å². The highest BCUT2D eigenvalue weighted by molar-refractivity contribution is 5.87. The summed E-state index contributed by atoms with van der Waals surface area (Å²) in [5.41, 5.74) is 1.13. The van der Waals surface area contributed by atoms with E-state index in [1.165, 1.54) is 6.42 Å². The lowest BCUT2D eigenvalue weighted by atomic mass is 10.2. The van der Waals surface area contributed by atoms with Crippen molar-refractivity contribution in [3.63, 3.8) is 0 Å². The molecule has 0 saturated heterocycles. The molecule has 0 unspecified atom stereocenters. The summed E-state index contributed by atoms with van der Waals surface area (Å²) in [5, 5.41) is 2.86. The molecule has 0 bridgehead atoms. The van der Waals surface area contributed by atoms with Gasteiger partial charge < -0.3 is 5.32 Å². The third-order valence-electron chi connectivity index (χ3n) is 2.53. The van der Waals surface area contributed by atoms with Crippen LogP contribution in [-0.4, -0.2) is 12.5 Å². The molecule has 0 heterocycles. The van der Waals surface area contributed by atoms with E-state index in [2.05, 4.69) is 12.2 Å². The Bertz CT molecular complexity index is 393. The summed E-state index contributed by atoms with van der Waals surface area (Å²) < 4.78 is 0. The van der Waals surface area contributed by atoms with Crippen molar-refractivity contribution in [3.8, 4) is 0 Å². The van der Waals surface area contributed by atoms with Crippen LogP contribution < -0.4 is 5.32 Å². The predicted octanol–water partition coefficient (Wildman–Crippen LogP) is 3.56. The van der Waals surface area contributed by atoms with Crippen LogP contribution in [0, 0.1) is 0 Å². The monoisotopic (exact) mass is 243 g/mol. The highest BCUT2D eigenvalue weighted by atomic mass is 16.1. The molecule has 1 N–H and O–H groups in total. The van der Waals surface area contributed by atoms with Crippen molar-refractivity contribution in [1.82, 2.24) is 5.32 Å². The third kappa shape index (κ3) is 6.69. The van der Waals surface area contributed by atoms with Crippen molar-refractivity contribution in [2.24, 2.45) is 0 Å². The molecular weight excluding hydrogens is 222 g/mol. The number of allylic oxidation sites excluding steroid dienone is 2. The highest BCUT2D eigenvalue weighted by Crippen LogP contribution is 2.00. The predicted molar refractivity (Wildman–Crippen MR) is 77.2 cm³/mol. The van der Waals surface area contributed by atoms with Gasteiger partial charge in [0.15, 0.2) is 0 Å². The van der Waals surface area contributed by atoms with Crippen LogP contribution in [0.1, 0.15) is 31.7 Å². The molecular formula is C16H21NO. The summed E-state index contributed by atoms with van der Waals surface area (Å²) in [5.74, 6) is -0.0242. The molecule has 0 fully saturated rings. The molecule has 1 aromatic rings. The quantitative estimate of drug-likeness (QED) is 0.443. The van der Waals surface area contributed by atoms with Gasteiger partial charge in [0, 0.05) is 12.6 Å². The van der Waals surface area contributed by atoms with Crippen molar-refractivity contribution < 1.29 is 4.79 Å². The fourth-order valence-corrected chi connectivity index (χ4v) is 1.52. The molecule has 0 aromatic heterocycles. The highest BCUT2D eigenvalue weighted by Gasteiger charge is 1.92. The average Bonchev–Trinajstić information content (AvgIpc) is 2.41. The molecule has 0 aliphatic heterocycles. The maximum absolute atomic E-state index is 11.4. The summed E-state index contributed by atoms with van der Waals surface area (Å²) in [6.45, 7) is 2.91. The maximum Gasteiger partial charge on any atom is 0.243 e.